The molecule has 1 heteroatoms. The third-order valence-corrected chi connectivity index (χ3v) is 5.17. The predicted octanol–water partition coefficient (Wildman–Crippen LogP) is 4.19. The summed E-state index contributed by atoms with van der Waals surface area (Å²) in [6, 6.07) is 10.1. The lowest BCUT2D eigenvalue weighted by molar-refractivity contribution is 0.233. The molecule has 2 fully saturated rings. The van der Waals surface area contributed by atoms with E-state index in [2.05, 4.69) is 43.4 Å². The van der Waals surface area contributed by atoms with Gasteiger partial charge in [-0.15, -0.1) is 0 Å². The van der Waals surface area contributed by atoms with Gasteiger partial charge in [-0.25, -0.2) is 0 Å². The first-order valence-electron chi connectivity index (χ1n) is 7.98. The van der Waals surface area contributed by atoms with Crippen molar-refractivity contribution in [1.82, 2.24) is 5.32 Å². The van der Waals surface area contributed by atoms with Gasteiger partial charge in [-0.2, -0.15) is 0 Å². The molecule has 1 N–H and O–H groups in total. The highest BCUT2D eigenvalue weighted by atomic mass is 15.0. The molecule has 0 spiro atoms. The fourth-order valence-electron chi connectivity index (χ4n) is 3.48. The molecule has 0 atom stereocenters. The van der Waals surface area contributed by atoms with Crippen LogP contribution in [0.3, 0.4) is 0 Å². The van der Waals surface area contributed by atoms with Gasteiger partial charge in [0.1, 0.15) is 0 Å². The van der Waals surface area contributed by atoms with Crippen LogP contribution in [0.15, 0.2) is 24.3 Å². The second-order valence-corrected chi connectivity index (χ2v) is 6.99. The largest absolute Gasteiger partial charge is 0.313 e. The molecule has 0 radical (unpaired) electrons. The minimum absolute atomic E-state index is 0.404. The van der Waals surface area contributed by atoms with Crippen LogP contribution in [-0.2, 0) is 5.41 Å². The van der Waals surface area contributed by atoms with Crippen LogP contribution in [0, 0.1) is 12.8 Å². The molecular weight excluding hydrogens is 230 g/mol. The average Bonchev–Trinajstić information content (AvgIpc) is 3.23. The standard InChI is InChI=1S/C18H27N/c1-14-8-10-18(11-9-14,13-19-17-6-7-17)16-5-3-4-15(2)12-16/h3-5,12,14,17,19H,6-11,13H2,1-2H3. The molecule has 0 amide bonds. The zero-order chi connectivity index (χ0) is 13.3. The molecule has 0 saturated heterocycles. The van der Waals surface area contributed by atoms with Crippen LogP contribution >= 0.6 is 0 Å². The maximum Gasteiger partial charge on any atom is 0.00781 e. The van der Waals surface area contributed by atoms with Crippen molar-refractivity contribution in [2.45, 2.75) is 63.8 Å². The second-order valence-electron chi connectivity index (χ2n) is 6.99. The van der Waals surface area contributed by atoms with Crippen LogP contribution in [0.1, 0.15) is 56.6 Å². The van der Waals surface area contributed by atoms with Crippen LogP contribution in [0.5, 0.6) is 0 Å². The Morgan fingerprint density at radius 2 is 1.89 bits per heavy atom. The second kappa shape index (κ2) is 5.28. The summed E-state index contributed by atoms with van der Waals surface area (Å²) in [7, 11) is 0. The molecule has 3 rings (SSSR count). The van der Waals surface area contributed by atoms with E-state index in [9.17, 15) is 0 Å². The normalized spacial score (nSPS) is 31.4. The van der Waals surface area contributed by atoms with Crippen LogP contribution in [-0.4, -0.2) is 12.6 Å². The van der Waals surface area contributed by atoms with Crippen molar-refractivity contribution < 1.29 is 0 Å². The highest BCUT2D eigenvalue weighted by molar-refractivity contribution is 5.31. The van der Waals surface area contributed by atoms with Gasteiger partial charge in [-0.3, -0.25) is 0 Å². The summed E-state index contributed by atoms with van der Waals surface area (Å²) in [4.78, 5) is 0. The minimum atomic E-state index is 0.404. The molecule has 0 heterocycles. The van der Waals surface area contributed by atoms with E-state index in [0.717, 1.165) is 12.0 Å². The van der Waals surface area contributed by atoms with E-state index in [1.165, 1.54) is 50.6 Å². The first-order valence-corrected chi connectivity index (χ1v) is 7.98. The Balaban J connectivity index is 1.81. The fraction of sp³-hybridized carbons (Fsp3) is 0.667. The molecular formula is C18H27N. The van der Waals surface area contributed by atoms with E-state index in [1.807, 2.05) is 0 Å². The summed E-state index contributed by atoms with van der Waals surface area (Å²) < 4.78 is 0. The number of rotatable bonds is 4. The first-order chi connectivity index (χ1) is 9.18. The van der Waals surface area contributed by atoms with Gasteiger partial charge in [0, 0.05) is 18.0 Å². The van der Waals surface area contributed by atoms with Crippen molar-refractivity contribution >= 4 is 0 Å². The lowest BCUT2D eigenvalue weighted by Crippen LogP contribution is -2.41. The van der Waals surface area contributed by atoms with Gasteiger partial charge in [0.15, 0.2) is 0 Å². The maximum absolute atomic E-state index is 3.80. The molecule has 2 aliphatic rings. The number of hydrogen-bond donors (Lipinski definition) is 1. The van der Waals surface area contributed by atoms with Crippen molar-refractivity contribution in [3.63, 3.8) is 0 Å². The van der Waals surface area contributed by atoms with Crippen molar-refractivity contribution in [3.8, 4) is 0 Å². The van der Waals surface area contributed by atoms with E-state index >= 15 is 0 Å². The van der Waals surface area contributed by atoms with Crippen molar-refractivity contribution in [1.29, 1.82) is 0 Å². The van der Waals surface area contributed by atoms with Crippen LogP contribution in [0.2, 0.25) is 0 Å². The minimum Gasteiger partial charge on any atom is -0.313 e. The van der Waals surface area contributed by atoms with E-state index in [-0.39, 0.29) is 0 Å². The van der Waals surface area contributed by atoms with E-state index in [1.54, 1.807) is 5.56 Å². The average molecular weight is 257 g/mol. The number of benzene rings is 1. The molecule has 1 aromatic carbocycles. The Morgan fingerprint density at radius 3 is 2.53 bits per heavy atom. The molecule has 0 bridgehead atoms. The quantitative estimate of drug-likeness (QED) is 0.852. The fourth-order valence-corrected chi connectivity index (χ4v) is 3.48. The molecule has 19 heavy (non-hydrogen) atoms. The summed E-state index contributed by atoms with van der Waals surface area (Å²) in [6.07, 6.45) is 8.27. The Hall–Kier alpha value is -0.820. The highest BCUT2D eigenvalue weighted by Gasteiger charge is 2.37. The summed E-state index contributed by atoms with van der Waals surface area (Å²) in [5.41, 5.74) is 3.38. The molecule has 2 saturated carbocycles. The third-order valence-electron chi connectivity index (χ3n) is 5.17. The van der Waals surface area contributed by atoms with Gasteiger partial charge in [0.2, 0.25) is 0 Å². The van der Waals surface area contributed by atoms with Gasteiger partial charge in [-0.1, -0.05) is 36.8 Å². The van der Waals surface area contributed by atoms with Gasteiger partial charge in [0.25, 0.3) is 0 Å². The zero-order valence-corrected chi connectivity index (χ0v) is 12.4. The number of hydrogen-bond acceptors (Lipinski definition) is 1. The molecule has 0 aliphatic heterocycles. The third kappa shape index (κ3) is 3.02. The summed E-state index contributed by atoms with van der Waals surface area (Å²) in [5, 5.41) is 3.80. The summed E-state index contributed by atoms with van der Waals surface area (Å²) in [5.74, 6) is 0.916. The smallest absolute Gasteiger partial charge is 0.00781 e. The van der Waals surface area contributed by atoms with E-state index in [0.29, 0.717) is 5.41 Å². The molecule has 0 unspecified atom stereocenters. The monoisotopic (exact) mass is 257 g/mol. The first kappa shape index (κ1) is 13.2. The van der Waals surface area contributed by atoms with Crippen LogP contribution in [0.4, 0.5) is 0 Å². The highest BCUT2D eigenvalue weighted by Crippen LogP contribution is 2.41. The van der Waals surface area contributed by atoms with Crippen LogP contribution in [0.25, 0.3) is 0 Å². The molecule has 1 aromatic rings. The molecule has 1 nitrogen and oxygen atoms in total. The van der Waals surface area contributed by atoms with E-state index < -0.39 is 0 Å². The molecule has 0 aromatic heterocycles. The van der Waals surface area contributed by atoms with Crippen molar-refractivity contribution in [2.75, 3.05) is 6.54 Å². The van der Waals surface area contributed by atoms with Crippen molar-refractivity contribution in [3.05, 3.63) is 35.4 Å². The number of nitrogens with one attached hydrogen (secondary N) is 1. The van der Waals surface area contributed by atoms with Gasteiger partial charge in [-0.05, 0) is 56.9 Å². The summed E-state index contributed by atoms with van der Waals surface area (Å²) >= 11 is 0. The topological polar surface area (TPSA) is 12.0 Å². The summed E-state index contributed by atoms with van der Waals surface area (Å²) in [6.45, 7) is 5.82. The SMILES string of the molecule is Cc1cccc(C2(CNC3CC3)CCC(C)CC2)c1. The van der Waals surface area contributed by atoms with Gasteiger partial charge >= 0.3 is 0 Å². The molecule has 2 aliphatic carbocycles. The predicted molar refractivity (Wildman–Crippen MR) is 81.5 cm³/mol. The Bertz CT molecular complexity index is 425. The Kier molecular flexibility index (Phi) is 3.66. The zero-order valence-electron chi connectivity index (χ0n) is 12.4. The Morgan fingerprint density at radius 1 is 1.16 bits per heavy atom. The lowest BCUT2D eigenvalue weighted by atomic mass is 9.66. The van der Waals surface area contributed by atoms with Gasteiger partial charge < -0.3 is 5.32 Å². The van der Waals surface area contributed by atoms with Crippen LogP contribution < -0.4 is 5.32 Å². The molecule has 104 valence electrons. The Labute approximate surface area is 117 Å². The maximum atomic E-state index is 3.80. The van der Waals surface area contributed by atoms with E-state index in [4.69, 9.17) is 0 Å². The number of aryl methyl sites for hydroxylation is 1. The van der Waals surface area contributed by atoms with Crippen molar-refractivity contribution in [2.24, 2.45) is 5.92 Å². The lowest BCUT2D eigenvalue weighted by Gasteiger charge is -2.40. The van der Waals surface area contributed by atoms with Gasteiger partial charge in [0.05, 0.1) is 0 Å².